The van der Waals surface area contributed by atoms with Crippen LogP contribution in [0.1, 0.15) is 34.1 Å². The molecule has 0 saturated heterocycles. The minimum Gasteiger partial charge on any atom is -0.149 e. The molecule has 0 heterocycles. The molecule has 0 atom stereocenters. The van der Waals surface area contributed by atoms with Gasteiger partial charge < -0.3 is 0 Å². The van der Waals surface area contributed by atoms with Crippen LogP contribution in [0.3, 0.4) is 0 Å². The summed E-state index contributed by atoms with van der Waals surface area (Å²) in [6.45, 7) is 8.73. The summed E-state index contributed by atoms with van der Waals surface area (Å²) in [5.41, 5.74) is 0. The van der Waals surface area contributed by atoms with Crippen molar-refractivity contribution in [2.75, 3.05) is 13.6 Å². The maximum absolute atomic E-state index is 11.9. The van der Waals surface area contributed by atoms with Crippen molar-refractivity contribution in [3.05, 3.63) is 0 Å². The van der Waals surface area contributed by atoms with E-state index in [1.807, 2.05) is 13.8 Å². The Balaban J connectivity index is 0. The predicted octanol–water partition coefficient (Wildman–Crippen LogP) is 2.88. The number of rotatable bonds is 3. The van der Waals surface area contributed by atoms with Gasteiger partial charge in [0.1, 0.15) is 0 Å². The molecule has 0 aromatic heterocycles. The van der Waals surface area contributed by atoms with Crippen molar-refractivity contribution in [1.82, 2.24) is 5.12 Å². The number of hydrogen-bond donors (Lipinski definition) is 0. The highest BCUT2D eigenvalue weighted by atomic mass is 19.2. The summed E-state index contributed by atoms with van der Waals surface area (Å²) in [4.78, 5) is 0. The number of halogens is 1. The van der Waals surface area contributed by atoms with E-state index in [4.69, 9.17) is 0 Å². The third kappa shape index (κ3) is 15.7. The van der Waals surface area contributed by atoms with Crippen molar-refractivity contribution in [1.29, 1.82) is 0 Å². The molecule has 0 radical (unpaired) electrons. The van der Waals surface area contributed by atoms with Crippen LogP contribution in [0.15, 0.2) is 0 Å². The Hall–Kier alpha value is -0.110. The van der Waals surface area contributed by atoms with E-state index >= 15 is 0 Å². The highest BCUT2D eigenvalue weighted by Gasteiger charge is 1.95. The Labute approximate surface area is 64.2 Å². The molecule has 0 aliphatic rings. The molecule has 0 bridgehead atoms. The quantitative estimate of drug-likeness (QED) is 0.558. The molecule has 2 heteroatoms. The topological polar surface area (TPSA) is 3.24 Å². The Kier molecular flexibility index (Phi) is 11.2. The first kappa shape index (κ1) is 12.6. The normalized spacial score (nSPS) is 9.60. The van der Waals surface area contributed by atoms with Crippen molar-refractivity contribution in [2.45, 2.75) is 34.1 Å². The summed E-state index contributed by atoms with van der Waals surface area (Å²) in [6.07, 6.45) is 0.938. The zero-order valence-corrected chi connectivity index (χ0v) is 7.82. The smallest absolute Gasteiger partial charge is 0.0289 e. The largest absolute Gasteiger partial charge is 0.149 e. The number of nitrogens with zero attached hydrogens (tertiary/aromatic N) is 1. The second-order valence-electron chi connectivity index (χ2n) is 2.51. The van der Waals surface area contributed by atoms with Gasteiger partial charge in [0, 0.05) is 13.6 Å². The third-order valence-corrected chi connectivity index (χ3v) is 1.01. The van der Waals surface area contributed by atoms with Gasteiger partial charge in [-0.05, 0) is 12.3 Å². The second-order valence-corrected chi connectivity index (χ2v) is 2.51. The van der Waals surface area contributed by atoms with Crippen LogP contribution in [0, 0.1) is 5.92 Å². The van der Waals surface area contributed by atoms with Gasteiger partial charge in [-0.15, -0.1) is 9.60 Å². The Morgan fingerprint density at radius 1 is 1.30 bits per heavy atom. The molecule has 0 aliphatic carbocycles. The predicted molar refractivity (Wildman–Crippen MR) is 44.5 cm³/mol. The summed E-state index contributed by atoms with van der Waals surface area (Å²) < 4.78 is 11.9. The van der Waals surface area contributed by atoms with Gasteiger partial charge in [0.15, 0.2) is 0 Å². The van der Waals surface area contributed by atoms with Crippen LogP contribution in [-0.2, 0) is 0 Å². The van der Waals surface area contributed by atoms with Crippen LogP contribution in [0.2, 0.25) is 0 Å². The van der Waals surface area contributed by atoms with E-state index in [0.29, 0.717) is 12.5 Å². The van der Waals surface area contributed by atoms with Crippen LogP contribution in [0.25, 0.3) is 0 Å². The van der Waals surface area contributed by atoms with Crippen molar-refractivity contribution in [3.63, 3.8) is 0 Å². The average molecular weight is 149 g/mol. The molecule has 1 nitrogen and oxygen atoms in total. The average Bonchev–Trinajstić information content (AvgIpc) is 1.89. The van der Waals surface area contributed by atoms with Crippen molar-refractivity contribution < 1.29 is 4.48 Å². The molecule has 0 aromatic carbocycles. The lowest BCUT2D eigenvalue weighted by Crippen LogP contribution is -2.09. The van der Waals surface area contributed by atoms with E-state index in [1.165, 1.54) is 7.05 Å². The Morgan fingerprint density at radius 3 is 1.80 bits per heavy atom. The molecule has 0 saturated carbocycles. The van der Waals surface area contributed by atoms with Crippen molar-refractivity contribution in [3.8, 4) is 0 Å². The highest BCUT2D eigenvalue weighted by Crippen LogP contribution is 1.99. The lowest BCUT2D eigenvalue weighted by molar-refractivity contribution is 0.0547. The van der Waals surface area contributed by atoms with Crippen molar-refractivity contribution in [2.24, 2.45) is 5.92 Å². The lowest BCUT2D eigenvalue weighted by Gasteiger charge is -2.05. The van der Waals surface area contributed by atoms with E-state index in [-0.39, 0.29) is 0 Å². The molecule has 0 rings (SSSR count). The van der Waals surface area contributed by atoms with Gasteiger partial charge in [-0.1, -0.05) is 27.7 Å². The highest BCUT2D eigenvalue weighted by molar-refractivity contribution is 4.44. The molecular weight excluding hydrogens is 129 g/mol. The molecule has 0 amide bonds. The zero-order valence-electron chi connectivity index (χ0n) is 7.82. The summed E-state index contributed by atoms with van der Waals surface area (Å²) in [5, 5.41) is 0.722. The first-order valence-electron chi connectivity index (χ1n) is 4.00. The molecule has 0 N–H and O–H groups in total. The molecule has 0 aromatic rings. The van der Waals surface area contributed by atoms with E-state index < -0.39 is 0 Å². The molecule has 0 fully saturated rings. The van der Waals surface area contributed by atoms with Gasteiger partial charge in [-0.25, -0.2) is 0 Å². The maximum Gasteiger partial charge on any atom is 0.0289 e. The van der Waals surface area contributed by atoms with E-state index in [9.17, 15) is 4.48 Å². The lowest BCUT2D eigenvalue weighted by atomic mass is 10.1. The molecule has 64 valence electrons. The van der Waals surface area contributed by atoms with Crippen LogP contribution < -0.4 is 0 Å². The standard InChI is InChI=1S/C6H14FN.C2H6/c1-6(2)4-5-8(3)7;1-2/h6H,4-5H2,1-3H3;1-2H3. The van der Waals surface area contributed by atoms with E-state index in [0.717, 1.165) is 11.5 Å². The van der Waals surface area contributed by atoms with Gasteiger partial charge in [0.05, 0.1) is 0 Å². The van der Waals surface area contributed by atoms with Crippen LogP contribution in [-0.4, -0.2) is 18.7 Å². The van der Waals surface area contributed by atoms with Gasteiger partial charge in [0.2, 0.25) is 0 Å². The fourth-order valence-electron chi connectivity index (χ4n) is 0.436. The first-order chi connectivity index (χ1) is 4.63. The van der Waals surface area contributed by atoms with Crippen LogP contribution >= 0.6 is 0 Å². The SMILES string of the molecule is CC.CC(C)CCN(C)F. The van der Waals surface area contributed by atoms with Gasteiger partial charge >= 0.3 is 0 Å². The van der Waals surface area contributed by atoms with Crippen LogP contribution in [0.5, 0.6) is 0 Å². The second kappa shape index (κ2) is 8.89. The minimum absolute atomic E-state index is 0.553. The van der Waals surface area contributed by atoms with Gasteiger partial charge in [-0.3, -0.25) is 0 Å². The summed E-state index contributed by atoms with van der Waals surface area (Å²) in [5.74, 6) is 0.605. The summed E-state index contributed by atoms with van der Waals surface area (Å²) in [7, 11) is 1.45. The molecule has 0 unspecified atom stereocenters. The van der Waals surface area contributed by atoms with Gasteiger partial charge in [-0.2, -0.15) is 0 Å². The summed E-state index contributed by atoms with van der Waals surface area (Å²) in [6, 6.07) is 0. The molecular formula is C8H20FN. The van der Waals surface area contributed by atoms with Crippen LogP contribution in [0.4, 0.5) is 4.48 Å². The maximum atomic E-state index is 11.9. The fourth-order valence-corrected chi connectivity index (χ4v) is 0.436. The zero-order chi connectivity index (χ0) is 8.57. The first-order valence-corrected chi connectivity index (χ1v) is 4.00. The van der Waals surface area contributed by atoms with E-state index in [2.05, 4.69) is 13.8 Å². The Bertz CT molecular complexity index is 45.2. The Morgan fingerprint density at radius 2 is 1.70 bits per heavy atom. The fraction of sp³-hybridized carbons (Fsp3) is 1.00. The van der Waals surface area contributed by atoms with Crippen molar-refractivity contribution >= 4 is 0 Å². The molecule has 0 spiro atoms. The summed E-state index contributed by atoms with van der Waals surface area (Å²) >= 11 is 0. The minimum atomic E-state index is 0.553. The van der Waals surface area contributed by atoms with Gasteiger partial charge in [0.25, 0.3) is 0 Å². The van der Waals surface area contributed by atoms with E-state index in [1.54, 1.807) is 0 Å². The number of hydrogen-bond acceptors (Lipinski definition) is 1. The monoisotopic (exact) mass is 149 g/mol. The molecule has 10 heavy (non-hydrogen) atoms. The molecule has 0 aliphatic heterocycles. The third-order valence-electron chi connectivity index (χ3n) is 1.01.